The maximum atomic E-state index is 12.5. The van der Waals surface area contributed by atoms with E-state index in [1.807, 2.05) is 6.07 Å². The third-order valence-corrected chi connectivity index (χ3v) is 3.96. The van der Waals surface area contributed by atoms with Gasteiger partial charge in [-0.2, -0.15) is 5.26 Å². The van der Waals surface area contributed by atoms with Crippen LogP contribution < -0.4 is 5.32 Å². The summed E-state index contributed by atoms with van der Waals surface area (Å²) in [4.78, 5) is 12.5. The van der Waals surface area contributed by atoms with Crippen molar-refractivity contribution >= 4 is 12.0 Å². The van der Waals surface area contributed by atoms with Gasteiger partial charge in [0.2, 0.25) is 0 Å². The first-order valence-corrected chi connectivity index (χ1v) is 7.89. The van der Waals surface area contributed by atoms with Crippen LogP contribution in [-0.4, -0.2) is 22.2 Å². The van der Waals surface area contributed by atoms with Crippen LogP contribution in [0, 0.1) is 17.2 Å². The van der Waals surface area contributed by atoms with Gasteiger partial charge in [0.1, 0.15) is 11.6 Å². The zero-order valence-corrected chi connectivity index (χ0v) is 13.8. The summed E-state index contributed by atoms with van der Waals surface area (Å²) < 4.78 is 0. The van der Waals surface area contributed by atoms with Crippen LogP contribution in [0.15, 0.2) is 60.7 Å². The number of nitriles is 1. The van der Waals surface area contributed by atoms with E-state index in [-0.39, 0.29) is 23.1 Å². The normalized spacial score (nSPS) is 15.8. The first-order chi connectivity index (χ1) is 12.0. The number of phenols is 2. The van der Waals surface area contributed by atoms with Gasteiger partial charge in [0.25, 0.3) is 5.91 Å². The lowest BCUT2D eigenvalue weighted by molar-refractivity contribution is -0.117. The molecule has 25 heavy (non-hydrogen) atoms. The number of carbonyl (C=O) groups is 1. The highest BCUT2D eigenvalue weighted by atomic mass is 16.3. The van der Waals surface area contributed by atoms with Crippen molar-refractivity contribution in [3.05, 3.63) is 66.3 Å². The number of aromatic hydroxyl groups is 2. The minimum Gasteiger partial charge on any atom is -0.504 e. The molecule has 0 heterocycles. The van der Waals surface area contributed by atoms with Gasteiger partial charge in [-0.3, -0.25) is 4.79 Å². The Morgan fingerprint density at radius 1 is 1.32 bits per heavy atom. The van der Waals surface area contributed by atoms with Crippen molar-refractivity contribution in [2.24, 2.45) is 5.92 Å². The number of benzene rings is 1. The molecular weight excluding hydrogens is 316 g/mol. The van der Waals surface area contributed by atoms with Crippen molar-refractivity contribution in [2.45, 2.75) is 18.9 Å². The molecule has 2 rings (SSSR count). The summed E-state index contributed by atoms with van der Waals surface area (Å²) in [6, 6.07) is 5.75. The Morgan fingerprint density at radius 3 is 2.56 bits per heavy atom. The molecule has 5 nitrogen and oxygen atoms in total. The fourth-order valence-electron chi connectivity index (χ4n) is 2.50. The monoisotopic (exact) mass is 336 g/mol. The predicted molar refractivity (Wildman–Crippen MR) is 96.5 cm³/mol. The van der Waals surface area contributed by atoms with Crippen molar-refractivity contribution in [1.29, 1.82) is 5.26 Å². The summed E-state index contributed by atoms with van der Waals surface area (Å²) in [5, 5.41) is 31.0. The Kier molecular flexibility index (Phi) is 5.80. The van der Waals surface area contributed by atoms with E-state index < -0.39 is 5.91 Å². The van der Waals surface area contributed by atoms with Crippen LogP contribution in [0.3, 0.4) is 0 Å². The molecule has 1 aromatic carbocycles. The van der Waals surface area contributed by atoms with Crippen molar-refractivity contribution in [1.82, 2.24) is 5.32 Å². The van der Waals surface area contributed by atoms with Gasteiger partial charge in [-0.25, -0.2) is 0 Å². The van der Waals surface area contributed by atoms with E-state index in [1.54, 1.807) is 18.2 Å². The Balaban J connectivity index is 2.23. The fraction of sp³-hybridized carbons (Fsp3) is 0.200. The van der Waals surface area contributed by atoms with Crippen LogP contribution in [0.4, 0.5) is 0 Å². The highest BCUT2D eigenvalue weighted by Gasteiger charge is 2.34. The molecular formula is C20H20N2O3. The minimum absolute atomic E-state index is 0.0854. The number of hydrogen-bond acceptors (Lipinski definition) is 4. The van der Waals surface area contributed by atoms with E-state index in [4.69, 9.17) is 0 Å². The van der Waals surface area contributed by atoms with E-state index in [1.165, 1.54) is 24.3 Å². The molecule has 1 atom stereocenters. The third-order valence-electron chi connectivity index (χ3n) is 3.96. The van der Waals surface area contributed by atoms with E-state index in [2.05, 4.69) is 18.5 Å². The number of phenolic OH excluding ortho intramolecular Hbond substituents is 2. The van der Waals surface area contributed by atoms with Crippen LogP contribution in [0.2, 0.25) is 0 Å². The average Bonchev–Trinajstić information content (AvgIpc) is 3.43. The molecule has 0 aliphatic heterocycles. The number of rotatable bonds is 7. The molecule has 0 spiro atoms. The molecule has 0 bridgehead atoms. The molecule has 1 fully saturated rings. The number of hydrogen-bond donors (Lipinski definition) is 3. The Morgan fingerprint density at radius 2 is 2.04 bits per heavy atom. The standard InChI is InChI=1S/C20H20N2O3/c1-3-5-14(4-2)19(15-7-8-15)22-20(25)16(12-21)10-13-6-9-17(23)18(24)11-13/h3-6,9-11,15,19,23-24H,1-2,7-8H2,(H,22,25)/b14-5+,16-10+. The summed E-state index contributed by atoms with van der Waals surface area (Å²) >= 11 is 0. The molecule has 0 aromatic heterocycles. The number of nitrogens with zero attached hydrogens (tertiary/aromatic N) is 1. The van der Waals surface area contributed by atoms with Crippen LogP contribution in [0.5, 0.6) is 11.5 Å². The molecule has 0 saturated heterocycles. The highest BCUT2D eigenvalue weighted by molar-refractivity contribution is 6.02. The maximum absolute atomic E-state index is 12.5. The van der Waals surface area contributed by atoms with E-state index >= 15 is 0 Å². The van der Waals surface area contributed by atoms with Crippen molar-refractivity contribution < 1.29 is 15.0 Å². The second-order valence-electron chi connectivity index (χ2n) is 5.81. The van der Waals surface area contributed by atoms with Gasteiger partial charge in [0.05, 0.1) is 6.04 Å². The largest absolute Gasteiger partial charge is 0.504 e. The van der Waals surface area contributed by atoms with Crippen LogP contribution in [-0.2, 0) is 4.79 Å². The summed E-state index contributed by atoms with van der Waals surface area (Å²) in [6.07, 6.45) is 8.49. The molecule has 3 N–H and O–H groups in total. The van der Waals surface area contributed by atoms with Crippen molar-refractivity contribution in [3.63, 3.8) is 0 Å². The number of nitrogens with one attached hydrogen (secondary N) is 1. The first-order valence-electron chi connectivity index (χ1n) is 7.89. The third kappa shape index (κ3) is 4.61. The van der Waals surface area contributed by atoms with E-state index in [9.17, 15) is 20.3 Å². The Labute approximate surface area is 146 Å². The van der Waals surface area contributed by atoms with Crippen LogP contribution in [0.1, 0.15) is 18.4 Å². The van der Waals surface area contributed by atoms with E-state index in [0.29, 0.717) is 11.5 Å². The topological polar surface area (TPSA) is 93.4 Å². The predicted octanol–water partition coefficient (Wildman–Crippen LogP) is 3.20. The second-order valence-corrected chi connectivity index (χ2v) is 5.81. The molecule has 1 aliphatic rings. The summed E-state index contributed by atoms with van der Waals surface area (Å²) in [7, 11) is 0. The number of allylic oxidation sites excluding steroid dienone is 2. The summed E-state index contributed by atoms with van der Waals surface area (Å²) in [5.74, 6) is -0.751. The molecule has 1 amide bonds. The lowest BCUT2D eigenvalue weighted by Gasteiger charge is -2.19. The van der Waals surface area contributed by atoms with Crippen molar-refractivity contribution in [3.8, 4) is 17.6 Å². The molecule has 0 radical (unpaired) electrons. The smallest absolute Gasteiger partial charge is 0.262 e. The summed E-state index contributed by atoms with van der Waals surface area (Å²) in [5.41, 5.74) is 1.21. The van der Waals surface area contributed by atoms with Gasteiger partial charge in [-0.1, -0.05) is 37.5 Å². The first kappa shape index (κ1) is 18.1. The van der Waals surface area contributed by atoms with Gasteiger partial charge in [-0.15, -0.1) is 0 Å². The van der Waals surface area contributed by atoms with E-state index in [0.717, 1.165) is 18.4 Å². The van der Waals surface area contributed by atoms with Gasteiger partial charge >= 0.3 is 0 Å². The molecule has 128 valence electrons. The van der Waals surface area contributed by atoms with Crippen molar-refractivity contribution in [2.75, 3.05) is 0 Å². The SMILES string of the molecule is C=C/C=C(\C=C)C(NC(=O)/C(C#N)=C/c1ccc(O)c(O)c1)C1CC1. The van der Waals surface area contributed by atoms with Gasteiger partial charge < -0.3 is 15.5 Å². The van der Waals surface area contributed by atoms with Crippen LogP contribution >= 0.6 is 0 Å². The Hall–Kier alpha value is -3.26. The molecule has 5 heteroatoms. The highest BCUT2D eigenvalue weighted by Crippen LogP contribution is 2.36. The van der Waals surface area contributed by atoms with Crippen LogP contribution in [0.25, 0.3) is 6.08 Å². The second kappa shape index (κ2) is 8.02. The number of amides is 1. The molecule has 1 aliphatic carbocycles. The van der Waals surface area contributed by atoms with Gasteiger partial charge in [0.15, 0.2) is 11.5 Å². The molecule has 1 aromatic rings. The number of carbonyl (C=O) groups excluding carboxylic acids is 1. The Bertz CT molecular complexity index is 796. The minimum atomic E-state index is -0.497. The fourth-order valence-corrected chi connectivity index (χ4v) is 2.50. The van der Waals surface area contributed by atoms with Gasteiger partial charge in [0, 0.05) is 0 Å². The molecule has 1 unspecified atom stereocenters. The average molecular weight is 336 g/mol. The lowest BCUT2D eigenvalue weighted by Crippen LogP contribution is -2.38. The lowest BCUT2D eigenvalue weighted by atomic mass is 10.0. The quantitative estimate of drug-likeness (QED) is 0.308. The maximum Gasteiger partial charge on any atom is 0.262 e. The zero-order valence-electron chi connectivity index (χ0n) is 13.8. The molecule has 1 saturated carbocycles. The summed E-state index contributed by atoms with van der Waals surface area (Å²) in [6.45, 7) is 7.44. The van der Waals surface area contributed by atoms with Gasteiger partial charge in [-0.05, 0) is 48.1 Å². The zero-order chi connectivity index (χ0) is 18.4.